The molecule has 1 atom stereocenters. The highest BCUT2D eigenvalue weighted by atomic mass is 16.5. The van der Waals surface area contributed by atoms with Crippen LogP contribution in [0, 0.1) is 0 Å². The van der Waals surface area contributed by atoms with Gasteiger partial charge in [-0.05, 0) is 18.9 Å². The Balaban J connectivity index is 2.50. The number of carbonyl (C=O) groups excluding carboxylic acids is 1. The first-order valence-corrected chi connectivity index (χ1v) is 8.33. The van der Waals surface area contributed by atoms with Crippen LogP contribution in [-0.2, 0) is 20.8 Å². The molecule has 1 unspecified atom stereocenters. The zero-order valence-corrected chi connectivity index (χ0v) is 14.2. The number of aliphatic hydroxyl groups excluding tert-OH is 1. The molecule has 0 aliphatic heterocycles. The molecule has 5 heteroatoms. The van der Waals surface area contributed by atoms with E-state index in [1.807, 2.05) is 35.2 Å². The zero-order chi connectivity index (χ0) is 16.9. The van der Waals surface area contributed by atoms with Gasteiger partial charge in [-0.15, -0.1) is 0 Å². The maximum absolute atomic E-state index is 11.7. The maximum atomic E-state index is 11.7. The van der Waals surface area contributed by atoms with Crippen molar-refractivity contribution >= 4 is 5.97 Å². The smallest absolute Gasteiger partial charge is 0.320 e. The minimum atomic E-state index is -0.620. The Morgan fingerprint density at radius 2 is 2.00 bits per heavy atom. The topological polar surface area (TPSA) is 59.0 Å². The number of rotatable bonds is 12. The second kappa shape index (κ2) is 12.0. The lowest BCUT2D eigenvalue weighted by molar-refractivity contribution is -0.145. The van der Waals surface area contributed by atoms with Gasteiger partial charge >= 0.3 is 5.97 Å². The summed E-state index contributed by atoms with van der Waals surface area (Å²) in [5, 5.41) is 10.1. The SMILES string of the molecule is CCCCOCC(O)CN(CC(=O)OCC)Cc1ccccc1. The molecule has 5 nitrogen and oxygen atoms in total. The summed E-state index contributed by atoms with van der Waals surface area (Å²) in [5.74, 6) is -0.275. The van der Waals surface area contributed by atoms with Crippen molar-refractivity contribution in [3.05, 3.63) is 35.9 Å². The third-order valence-corrected chi connectivity index (χ3v) is 3.33. The molecule has 0 radical (unpaired) electrons. The minimum absolute atomic E-state index is 0.161. The van der Waals surface area contributed by atoms with Crippen molar-refractivity contribution < 1.29 is 19.4 Å². The highest BCUT2D eigenvalue weighted by Crippen LogP contribution is 2.06. The monoisotopic (exact) mass is 323 g/mol. The fourth-order valence-corrected chi connectivity index (χ4v) is 2.23. The number of aliphatic hydroxyl groups is 1. The summed E-state index contributed by atoms with van der Waals surface area (Å²) in [6, 6.07) is 9.88. The molecule has 0 aromatic heterocycles. The van der Waals surface area contributed by atoms with E-state index in [4.69, 9.17) is 9.47 Å². The van der Waals surface area contributed by atoms with Crippen molar-refractivity contribution in [1.82, 2.24) is 4.90 Å². The molecule has 0 saturated heterocycles. The highest BCUT2D eigenvalue weighted by molar-refractivity contribution is 5.71. The quantitative estimate of drug-likeness (QED) is 0.472. The van der Waals surface area contributed by atoms with Crippen LogP contribution in [0.4, 0.5) is 0 Å². The van der Waals surface area contributed by atoms with Gasteiger partial charge < -0.3 is 14.6 Å². The molecule has 0 amide bonds. The molecule has 0 aliphatic carbocycles. The lowest BCUT2D eigenvalue weighted by atomic mass is 10.2. The number of hydrogen-bond acceptors (Lipinski definition) is 5. The molecule has 0 bridgehead atoms. The van der Waals surface area contributed by atoms with E-state index in [0.29, 0.717) is 26.3 Å². The van der Waals surface area contributed by atoms with Crippen LogP contribution in [-0.4, -0.2) is 55.0 Å². The summed E-state index contributed by atoms with van der Waals surface area (Å²) < 4.78 is 10.5. The van der Waals surface area contributed by atoms with E-state index < -0.39 is 6.10 Å². The predicted octanol–water partition coefficient (Wildman–Crippen LogP) is 2.23. The van der Waals surface area contributed by atoms with E-state index in [-0.39, 0.29) is 19.1 Å². The molecule has 0 aliphatic rings. The Hall–Kier alpha value is -1.43. The summed E-state index contributed by atoms with van der Waals surface area (Å²) >= 11 is 0. The number of hydrogen-bond donors (Lipinski definition) is 1. The fraction of sp³-hybridized carbons (Fsp3) is 0.611. The molecular weight excluding hydrogens is 294 g/mol. The number of nitrogens with zero attached hydrogens (tertiary/aromatic N) is 1. The van der Waals surface area contributed by atoms with Gasteiger partial charge in [-0.25, -0.2) is 0 Å². The van der Waals surface area contributed by atoms with Crippen LogP contribution in [0.2, 0.25) is 0 Å². The predicted molar refractivity (Wildman–Crippen MR) is 90.1 cm³/mol. The third-order valence-electron chi connectivity index (χ3n) is 3.33. The second-order valence-corrected chi connectivity index (χ2v) is 5.54. The van der Waals surface area contributed by atoms with Gasteiger partial charge in [0.25, 0.3) is 0 Å². The molecular formula is C18H29NO4. The number of ether oxygens (including phenoxy) is 2. The molecule has 0 spiro atoms. The Bertz CT molecular complexity index is 424. The highest BCUT2D eigenvalue weighted by Gasteiger charge is 2.16. The van der Waals surface area contributed by atoms with Gasteiger partial charge in [0.2, 0.25) is 0 Å². The van der Waals surface area contributed by atoms with Crippen LogP contribution < -0.4 is 0 Å². The molecule has 1 N–H and O–H groups in total. The maximum Gasteiger partial charge on any atom is 0.320 e. The Morgan fingerprint density at radius 1 is 1.26 bits per heavy atom. The number of esters is 1. The van der Waals surface area contributed by atoms with E-state index in [1.165, 1.54) is 0 Å². The first-order chi connectivity index (χ1) is 11.2. The first-order valence-electron chi connectivity index (χ1n) is 8.33. The second-order valence-electron chi connectivity index (χ2n) is 5.54. The average molecular weight is 323 g/mol. The Labute approximate surface area is 139 Å². The molecule has 0 heterocycles. The molecule has 23 heavy (non-hydrogen) atoms. The molecule has 0 saturated carbocycles. The molecule has 1 aromatic carbocycles. The van der Waals surface area contributed by atoms with Crippen LogP contribution in [0.25, 0.3) is 0 Å². The van der Waals surface area contributed by atoms with Crippen LogP contribution in [0.5, 0.6) is 0 Å². The van der Waals surface area contributed by atoms with Crippen molar-refractivity contribution in [2.75, 3.05) is 32.9 Å². The Morgan fingerprint density at radius 3 is 2.65 bits per heavy atom. The molecule has 1 rings (SSSR count). The molecule has 1 aromatic rings. The van der Waals surface area contributed by atoms with Crippen LogP contribution in [0.15, 0.2) is 30.3 Å². The summed E-state index contributed by atoms with van der Waals surface area (Å²) in [4.78, 5) is 13.6. The zero-order valence-electron chi connectivity index (χ0n) is 14.2. The average Bonchev–Trinajstić information content (AvgIpc) is 2.52. The van der Waals surface area contributed by atoms with E-state index in [1.54, 1.807) is 6.92 Å². The van der Waals surface area contributed by atoms with Crippen molar-refractivity contribution in [3.63, 3.8) is 0 Å². The summed E-state index contributed by atoms with van der Waals surface area (Å²) in [6.45, 7) is 6.32. The van der Waals surface area contributed by atoms with Gasteiger partial charge in [0.1, 0.15) is 0 Å². The van der Waals surface area contributed by atoms with Crippen molar-refractivity contribution in [1.29, 1.82) is 0 Å². The van der Waals surface area contributed by atoms with Crippen LogP contribution in [0.3, 0.4) is 0 Å². The van der Waals surface area contributed by atoms with Crippen LogP contribution in [0.1, 0.15) is 32.3 Å². The van der Waals surface area contributed by atoms with Gasteiger partial charge in [-0.2, -0.15) is 0 Å². The van der Waals surface area contributed by atoms with Crippen molar-refractivity contribution in [2.24, 2.45) is 0 Å². The normalized spacial score (nSPS) is 12.3. The summed E-state index contributed by atoms with van der Waals surface area (Å²) in [6.07, 6.45) is 1.44. The van der Waals surface area contributed by atoms with E-state index >= 15 is 0 Å². The third kappa shape index (κ3) is 9.33. The largest absolute Gasteiger partial charge is 0.465 e. The van der Waals surface area contributed by atoms with E-state index in [0.717, 1.165) is 18.4 Å². The number of carbonyl (C=O) groups is 1. The number of benzene rings is 1. The number of unbranched alkanes of at least 4 members (excludes halogenated alkanes) is 1. The fourth-order valence-electron chi connectivity index (χ4n) is 2.23. The lowest BCUT2D eigenvalue weighted by Crippen LogP contribution is -2.38. The first kappa shape index (κ1) is 19.6. The molecule has 130 valence electrons. The van der Waals surface area contributed by atoms with Gasteiger partial charge in [0, 0.05) is 19.7 Å². The van der Waals surface area contributed by atoms with Gasteiger partial charge in [0.05, 0.1) is 25.9 Å². The lowest BCUT2D eigenvalue weighted by Gasteiger charge is -2.24. The minimum Gasteiger partial charge on any atom is -0.465 e. The summed E-state index contributed by atoms with van der Waals surface area (Å²) in [5.41, 5.74) is 1.09. The van der Waals surface area contributed by atoms with Gasteiger partial charge in [0.15, 0.2) is 0 Å². The standard InChI is InChI=1S/C18H29NO4/c1-3-5-11-22-15-17(20)13-19(14-18(21)23-4-2)12-16-9-7-6-8-10-16/h6-10,17,20H,3-5,11-15H2,1-2H3. The van der Waals surface area contributed by atoms with Gasteiger partial charge in [-0.1, -0.05) is 43.7 Å². The summed E-state index contributed by atoms with van der Waals surface area (Å²) in [7, 11) is 0. The Kier molecular flexibility index (Phi) is 10.3. The van der Waals surface area contributed by atoms with E-state index in [9.17, 15) is 9.90 Å². The molecule has 0 fully saturated rings. The van der Waals surface area contributed by atoms with Crippen molar-refractivity contribution in [3.8, 4) is 0 Å². The van der Waals surface area contributed by atoms with E-state index in [2.05, 4.69) is 6.92 Å². The van der Waals surface area contributed by atoms with Crippen LogP contribution >= 0.6 is 0 Å². The van der Waals surface area contributed by atoms with Gasteiger partial charge in [-0.3, -0.25) is 9.69 Å². The van der Waals surface area contributed by atoms with Crippen molar-refractivity contribution in [2.45, 2.75) is 39.3 Å².